The van der Waals surface area contributed by atoms with Crippen molar-refractivity contribution in [3.8, 4) is 0 Å². The van der Waals surface area contributed by atoms with Gasteiger partial charge in [0, 0.05) is 13.1 Å². The predicted octanol–water partition coefficient (Wildman–Crippen LogP) is 2.13. The highest BCUT2D eigenvalue weighted by Gasteiger charge is 2.30. The highest BCUT2D eigenvalue weighted by Crippen LogP contribution is 2.27. The maximum absolute atomic E-state index is 3.34. The third-order valence-electron chi connectivity index (χ3n) is 2.38. The molecule has 11 heavy (non-hydrogen) atoms. The third-order valence-corrected chi connectivity index (χ3v) is 3.36. The van der Waals surface area contributed by atoms with Crippen LogP contribution in [0.2, 0.25) is 0 Å². The van der Waals surface area contributed by atoms with Gasteiger partial charge in [-0.15, -0.1) is 0 Å². The molecule has 0 spiro atoms. The zero-order valence-corrected chi connectivity index (χ0v) is 8.47. The quantitative estimate of drug-likeness (QED) is 0.639. The first-order valence-electron chi connectivity index (χ1n) is 4.55. The zero-order valence-electron chi connectivity index (χ0n) is 7.65. The molecule has 0 aromatic heterocycles. The van der Waals surface area contributed by atoms with Crippen LogP contribution in [0.5, 0.6) is 0 Å². The lowest BCUT2D eigenvalue weighted by Gasteiger charge is -2.39. The molecule has 1 saturated heterocycles. The first-order valence-corrected chi connectivity index (χ1v) is 5.71. The van der Waals surface area contributed by atoms with Crippen LogP contribution < -0.4 is 5.32 Å². The molecule has 0 bridgehead atoms. The molecule has 1 fully saturated rings. The Bertz CT molecular complexity index is 110. The summed E-state index contributed by atoms with van der Waals surface area (Å²) in [5, 5.41) is 3.34. The van der Waals surface area contributed by atoms with Gasteiger partial charge in [0.05, 0.1) is 0 Å². The van der Waals surface area contributed by atoms with Gasteiger partial charge >= 0.3 is 0 Å². The van der Waals surface area contributed by atoms with E-state index in [0.29, 0.717) is 5.41 Å². The molecule has 0 aromatic carbocycles. The minimum absolute atomic E-state index is 0.647. The van der Waals surface area contributed by atoms with Gasteiger partial charge in [0.2, 0.25) is 0 Å². The van der Waals surface area contributed by atoms with Gasteiger partial charge < -0.3 is 5.32 Å². The molecule has 0 aliphatic carbocycles. The Labute approximate surface area is 74.3 Å². The van der Waals surface area contributed by atoms with E-state index >= 15 is 0 Å². The second-order valence-electron chi connectivity index (χ2n) is 3.71. The van der Waals surface area contributed by atoms with Gasteiger partial charge in [-0.3, -0.25) is 0 Å². The Hall–Kier alpha value is 0.310. The molecule has 0 radical (unpaired) electrons. The summed E-state index contributed by atoms with van der Waals surface area (Å²) in [7, 11) is 0. The number of hydrogen-bond acceptors (Lipinski definition) is 2. The van der Waals surface area contributed by atoms with E-state index in [1.54, 1.807) is 0 Å². The van der Waals surface area contributed by atoms with Gasteiger partial charge in [0.15, 0.2) is 0 Å². The van der Waals surface area contributed by atoms with Crippen LogP contribution in [0.3, 0.4) is 0 Å². The van der Waals surface area contributed by atoms with Gasteiger partial charge in [-0.1, -0.05) is 13.8 Å². The lowest BCUT2D eigenvalue weighted by atomic mass is 9.80. The molecule has 0 atom stereocenters. The van der Waals surface area contributed by atoms with Crippen LogP contribution in [0, 0.1) is 5.41 Å². The standard InChI is InChI=1S/C9H19NS/c1-3-11-6-4-5-9(2)7-10-8-9/h10H,3-8H2,1-2H3. The molecule has 0 aromatic rings. The number of nitrogens with one attached hydrogen (secondary N) is 1. The van der Waals surface area contributed by atoms with Gasteiger partial charge in [0.1, 0.15) is 0 Å². The SMILES string of the molecule is CCSCCCC1(C)CNC1. The van der Waals surface area contributed by atoms with Crippen LogP contribution in [0.1, 0.15) is 26.7 Å². The van der Waals surface area contributed by atoms with E-state index in [1.165, 1.54) is 37.4 Å². The van der Waals surface area contributed by atoms with E-state index in [4.69, 9.17) is 0 Å². The second-order valence-corrected chi connectivity index (χ2v) is 5.11. The summed E-state index contributed by atoms with van der Waals surface area (Å²) in [6.07, 6.45) is 2.81. The number of hydrogen-bond donors (Lipinski definition) is 1. The molecule has 1 nitrogen and oxygen atoms in total. The maximum atomic E-state index is 3.34. The normalized spacial score (nSPS) is 21.3. The molecule has 0 unspecified atom stereocenters. The summed E-state index contributed by atoms with van der Waals surface area (Å²) in [5.41, 5.74) is 0.647. The Morgan fingerprint density at radius 1 is 1.45 bits per heavy atom. The van der Waals surface area contributed by atoms with Crippen LogP contribution in [0.15, 0.2) is 0 Å². The van der Waals surface area contributed by atoms with E-state index < -0.39 is 0 Å². The molecular weight excluding hydrogens is 154 g/mol. The summed E-state index contributed by atoms with van der Waals surface area (Å²) < 4.78 is 0. The summed E-state index contributed by atoms with van der Waals surface area (Å²) in [6.45, 7) is 7.10. The van der Waals surface area contributed by atoms with Crippen molar-refractivity contribution in [2.45, 2.75) is 26.7 Å². The molecular formula is C9H19NS. The lowest BCUT2D eigenvalue weighted by Crippen LogP contribution is -2.51. The van der Waals surface area contributed by atoms with Crippen molar-refractivity contribution in [3.63, 3.8) is 0 Å². The minimum atomic E-state index is 0.647. The van der Waals surface area contributed by atoms with Crippen LogP contribution in [0.4, 0.5) is 0 Å². The fourth-order valence-corrected chi connectivity index (χ4v) is 2.11. The topological polar surface area (TPSA) is 12.0 Å². The monoisotopic (exact) mass is 173 g/mol. The Morgan fingerprint density at radius 3 is 2.64 bits per heavy atom. The van der Waals surface area contributed by atoms with Crippen LogP contribution in [0.25, 0.3) is 0 Å². The van der Waals surface area contributed by atoms with E-state index in [1.807, 2.05) is 0 Å². The smallest absolute Gasteiger partial charge is 0.00176 e. The number of thioether (sulfide) groups is 1. The van der Waals surface area contributed by atoms with Crippen LogP contribution >= 0.6 is 11.8 Å². The van der Waals surface area contributed by atoms with Gasteiger partial charge in [-0.25, -0.2) is 0 Å². The summed E-state index contributed by atoms with van der Waals surface area (Å²) in [5.74, 6) is 2.63. The highest BCUT2D eigenvalue weighted by atomic mass is 32.2. The van der Waals surface area contributed by atoms with Crippen molar-refractivity contribution in [1.82, 2.24) is 5.32 Å². The largest absolute Gasteiger partial charge is 0.316 e. The van der Waals surface area contributed by atoms with Crippen molar-refractivity contribution in [3.05, 3.63) is 0 Å². The molecule has 1 N–H and O–H groups in total. The van der Waals surface area contributed by atoms with Crippen molar-refractivity contribution >= 4 is 11.8 Å². The zero-order chi connectivity index (χ0) is 8.16. The Balaban J connectivity index is 1.94. The van der Waals surface area contributed by atoms with E-state index in [-0.39, 0.29) is 0 Å². The Morgan fingerprint density at radius 2 is 2.18 bits per heavy atom. The van der Waals surface area contributed by atoms with Crippen molar-refractivity contribution in [1.29, 1.82) is 0 Å². The fourth-order valence-electron chi connectivity index (χ4n) is 1.47. The highest BCUT2D eigenvalue weighted by molar-refractivity contribution is 7.99. The van der Waals surface area contributed by atoms with Crippen molar-refractivity contribution in [2.24, 2.45) is 5.41 Å². The molecule has 0 saturated carbocycles. The van der Waals surface area contributed by atoms with Crippen LogP contribution in [-0.2, 0) is 0 Å². The second kappa shape index (κ2) is 4.36. The lowest BCUT2D eigenvalue weighted by molar-refractivity contribution is 0.179. The van der Waals surface area contributed by atoms with E-state index in [0.717, 1.165) is 0 Å². The molecule has 0 amide bonds. The third kappa shape index (κ3) is 3.04. The average Bonchev–Trinajstić information content (AvgIpc) is 1.95. The summed E-state index contributed by atoms with van der Waals surface area (Å²) in [4.78, 5) is 0. The predicted molar refractivity (Wildman–Crippen MR) is 53.2 cm³/mol. The van der Waals surface area contributed by atoms with Crippen molar-refractivity contribution < 1.29 is 0 Å². The molecule has 1 aliphatic heterocycles. The Kier molecular flexibility index (Phi) is 3.73. The summed E-state index contributed by atoms with van der Waals surface area (Å²) in [6, 6.07) is 0. The van der Waals surface area contributed by atoms with Gasteiger partial charge in [-0.05, 0) is 29.8 Å². The van der Waals surface area contributed by atoms with Gasteiger partial charge in [0.25, 0.3) is 0 Å². The maximum Gasteiger partial charge on any atom is 0.00176 e. The van der Waals surface area contributed by atoms with Crippen LogP contribution in [-0.4, -0.2) is 24.6 Å². The first-order chi connectivity index (χ1) is 5.27. The molecule has 1 heterocycles. The fraction of sp³-hybridized carbons (Fsp3) is 1.00. The molecule has 2 heteroatoms. The minimum Gasteiger partial charge on any atom is -0.316 e. The molecule has 1 rings (SSSR count). The van der Waals surface area contributed by atoms with E-state index in [9.17, 15) is 0 Å². The molecule has 1 aliphatic rings. The van der Waals surface area contributed by atoms with Crippen molar-refractivity contribution in [2.75, 3.05) is 24.6 Å². The first kappa shape index (κ1) is 9.40. The average molecular weight is 173 g/mol. The van der Waals surface area contributed by atoms with E-state index in [2.05, 4.69) is 30.9 Å². The molecule has 66 valence electrons. The summed E-state index contributed by atoms with van der Waals surface area (Å²) >= 11 is 2.06. The number of rotatable bonds is 5. The van der Waals surface area contributed by atoms with Gasteiger partial charge in [-0.2, -0.15) is 11.8 Å².